The fourth-order valence-corrected chi connectivity index (χ4v) is 2.37. The topological polar surface area (TPSA) is 104 Å². The highest BCUT2D eigenvalue weighted by Gasteiger charge is 2.27. The molecule has 0 aliphatic heterocycles. The van der Waals surface area contributed by atoms with Crippen molar-refractivity contribution in [1.82, 2.24) is 9.63 Å². The van der Waals surface area contributed by atoms with E-state index >= 15 is 0 Å². The second-order valence-corrected chi connectivity index (χ2v) is 8.19. The number of carbonyl (C=O) groups excluding carboxylic acids is 1. The molecular formula is C18H29N3O5. The Balaban J connectivity index is 3.35. The van der Waals surface area contributed by atoms with Crippen LogP contribution >= 0.6 is 0 Å². The molecule has 0 bridgehead atoms. The first-order valence-corrected chi connectivity index (χ1v) is 8.33. The van der Waals surface area contributed by atoms with E-state index in [2.05, 4.69) is 4.99 Å². The van der Waals surface area contributed by atoms with Crippen LogP contribution < -0.4 is 5.49 Å². The molecule has 0 aliphatic rings. The van der Waals surface area contributed by atoms with Crippen molar-refractivity contribution in [2.45, 2.75) is 73.1 Å². The molecule has 0 aliphatic carbocycles. The summed E-state index contributed by atoms with van der Waals surface area (Å²) in [5.41, 5.74) is 0.487. The molecule has 1 aromatic rings. The summed E-state index contributed by atoms with van der Waals surface area (Å²) >= 11 is 0. The van der Waals surface area contributed by atoms with E-state index in [4.69, 9.17) is 4.74 Å². The minimum atomic E-state index is -1.05. The number of carbonyl (C=O) groups is 2. The maximum Gasteiger partial charge on any atom is 0.436 e. The molecule has 2 N–H and O–H groups in total. The fraction of sp³-hybridized carbons (Fsp3) is 0.611. The Bertz CT molecular complexity index is 767. The number of rotatable bonds is 2. The van der Waals surface area contributed by atoms with Gasteiger partial charge in [0.15, 0.2) is 5.49 Å². The highest BCUT2D eigenvalue weighted by Crippen LogP contribution is 2.21. The van der Waals surface area contributed by atoms with Crippen molar-refractivity contribution in [3.05, 3.63) is 28.4 Å². The van der Waals surface area contributed by atoms with Crippen LogP contribution in [-0.2, 0) is 11.3 Å². The first-order valence-electron chi connectivity index (χ1n) is 8.33. The number of hydrogen-bond donors (Lipinski definition) is 2. The molecule has 26 heavy (non-hydrogen) atoms. The van der Waals surface area contributed by atoms with Crippen molar-refractivity contribution in [2.75, 3.05) is 0 Å². The second-order valence-electron chi connectivity index (χ2n) is 8.19. The van der Waals surface area contributed by atoms with Crippen LogP contribution in [0.5, 0.6) is 0 Å². The molecule has 2 amide bonds. The highest BCUT2D eigenvalue weighted by molar-refractivity contribution is 5.68. The van der Waals surface area contributed by atoms with Crippen molar-refractivity contribution >= 4 is 12.2 Å². The van der Waals surface area contributed by atoms with Crippen LogP contribution in [0.15, 0.2) is 11.1 Å². The first-order chi connectivity index (χ1) is 11.6. The number of ether oxygens (including phenoxy) is 1. The molecule has 0 saturated heterocycles. The van der Waals surface area contributed by atoms with Gasteiger partial charge in [0.05, 0.1) is 12.2 Å². The van der Waals surface area contributed by atoms with Crippen molar-refractivity contribution < 1.29 is 24.6 Å². The molecule has 0 atom stereocenters. The van der Waals surface area contributed by atoms with E-state index in [0.29, 0.717) is 16.8 Å². The monoisotopic (exact) mass is 367 g/mol. The van der Waals surface area contributed by atoms with Gasteiger partial charge in [0.25, 0.3) is 0 Å². The average molecular weight is 367 g/mol. The Labute approximate surface area is 153 Å². The summed E-state index contributed by atoms with van der Waals surface area (Å²) < 4.78 is 5.90. The van der Waals surface area contributed by atoms with E-state index < -0.39 is 23.3 Å². The van der Waals surface area contributed by atoms with Crippen LogP contribution in [-0.4, -0.2) is 43.3 Å². The zero-order valence-electron chi connectivity index (χ0n) is 16.7. The summed E-state index contributed by atoms with van der Waals surface area (Å²) in [5, 5.41) is 19.8. The van der Waals surface area contributed by atoms with Gasteiger partial charge in [0.1, 0.15) is 5.60 Å². The predicted molar refractivity (Wildman–Crippen MR) is 96.2 cm³/mol. The molecule has 8 heteroatoms. The Morgan fingerprint density at radius 2 is 1.73 bits per heavy atom. The SMILES string of the molecule is Cc1cc(=NC(=O)OC(C)(C)C)n(O)c(C)c1CN(C(=O)O)C(C)(C)C. The molecule has 0 fully saturated rings. The van der Waals surface area contributed by atoms with E-state index in [9.17, 15) is 19.9 Å². The maximum absolute atomic E-state index is 11.9. The number of pyridine rings is 1. The van der Waals surface area contributed by atoms with Gasteiger partial charge >= 0.3 is 12.2 Å². The van der Waals surface area contributed by atoms with Crippen LogP contribution in [0.3, 0.4) is 0 Å². The van der Waals surface area contributed by atoms with Crippen LogP contribution in [0.4, 0.5) is 9.59 Å². The van der Waals surface area contributed by atoms with Crippen LogP contribution in [0, 0.1) is 13.8 Å². The van der Waals surface area contributed by atoms with Gasteiger partial charge in [-0.1, -0.05) is 0 Å². The standard InChI is InChI=1S/C18H29N3O5/c1-11-9-14(19-15(22)26-18(6,7)8)21(25)12(2)13(11)10-20(16(23)24)17(3,4)5/h9,25H,10H2,1-8H3,(H,23,24). The lowest BCUT2D eigenvalue weighted by Gasteiger charge is -2.34. The van der Waals surface area contributed by atoms with Gasteiger partial charge in [-0.2, -0.15) is 9.72 Å². The molecule has 0 aromatic carbocycles. The second kappa shape index (κ2) is 7.39. The van der Waals surface area contributed by atoms with Gasteiger partial charge in [-0.3, -0.25) is 4.90 Å². The quantitative estimate of drug-likeness (QED) is 0.779. The lowest BCUT2D eigenvalue weighted by Crippen LogP contribution is -2.44. The number of aromatic nitrogens is 1. The van der Waals surface area contributed by atoms with Gasteiger partial charge in [0.2, 0.25) is 0 Å². The molecule has 1 heterocycles. The summed E-state index contributed by atoms with van der Waals surface area (Å²) in [7, 11) is 0. The van der Waals surface area contributed by atoms with E-state index in [1.807, 2.05) is 0 Å². The van der Waals surface area contributed by atoms with Gasteiger partial charge in [-0.15, -0.1) is 0 Å². The van der Waals surface area contributed by atoms with E-state index in [1.165, 1.54) is 11.0 Å². The molecule has 1 aromatic heterocycles. The molecule has 146 valence electrons. The third-order valence-electron chi connectivity index (χ3n) is 3.75. The van der Waals surface area contributed by atoms with Crippen LogP contribution in [0.1, 0.15) is 58.4 Å². The Kier molecular flexibility index (Phi) is 6.12. The van der Waals surface area contributed by atoms with Crippen molar-refractivity contribution in [1.29, 1.82) is 0 Å². The van der Waals surface area contributed by atoms with Crippen LogP contribution in [0.2, 0.25) is 0 Å². The third kappa shape index (κ3) is 5.50. The molecule has 0 radical (unpaired) electrons. The molecule has 0 unspecified atom stereocenters. The average Bonchev–Trinajstić information content (AvgIpc) is 2.40. The first kappa shape index (κ1) is 21.5. The van der Waals surface area contributed by atoms with Crippen molar-refractivity contribution in [3.63, 3.8) is 0 Å². The highest BCUT2D eigenvalue weighted by atomic mass is 16.6. The summed E-state index contributed by atoms with van der Waals surface area (Å²) in [6.45, 7) is 14.1. The van der Waals surface area contributed by atoms with Crippen molar-refractivity contribution in [2.24, 2.45) is 4.99 Å². The zero-order valence-corrected chi connectivity index (χ0v) is 16.7. The molecule has 1 rings (SSSR count). The minimum Gasteiger partial charge on any atom is -0.465 e. The normalized spacial score (nSPS) is 12.8. The smallest absolute Gasteiger partial charge is 0.436 e. The van der Waals surface area contributed by atoms with Gasteiger partial charge in [-0.05, 0) is 72.6 Å². The Morgan fingerprint density at radius 3 is 2.15 bits per heavy atom. The van der Waals surface area contributed by atoms with Crippen molar-refractivity contribution in [3.8, 4) is 0 Å². The summed E-state index contributed by atoms with van der Waals surface area (Å²) in [6.07, 6.45) is -1.86. The summed E-state index contributed by atoms with van der Waals surface area (Å²) in [4.78, 5) is 28.5. The molecule has 0 saturated carbocycles. The number of amides is 2. The number of nitrogens with zero attached hydrogens (tertiary/aromatic N) is 3. The molecular weight excluding hydrogens is 338 g/mol. The summed E-state index contributed by atoms with van der Waals surface area (Å²) in [6, 6.07) is 1.52. The number of aryl methyl sites for hydroxylation is 1. The number of hydrogen-bond acceptors (Lipinski definition) is 4. The van der Waals surface area contributed by atoms with E-state index in [0.717, 1.165) is 4.73 Å². The van der Waals surface area contributed by atoms with Gasteiger partial charge in [-0.25, -0.2) is 9.59 Å². The van der Waals surface area contributed by atoms with Gasteiger partial charge < -0.3 is 15.1 Å². The maximum atomic E-state index is 11.9. The predicted octanol–water partition coefficient (Wildman–Crippen LogP) is 3.46. The fourth-order valence-electron chi connectivity index (χ4n) is 2.37. The number of carboxylic acid groups (broad SMARTS) is 1. The Morgan fingerprint density at radius 1 is 1.19 bits per heavy atom. The third-order valence-corrected chi connectivity index (χ3v) is 3.75. The largest absolute Gasteiger partial charge is 0.465 e. The molecule has 8 nitrogen and oxygen atoms in total. The van der Waals surface area contributed by atoms with E-state index in [-0.39, 0.29) is 12.0 Å². The zero-order chi connectivity index (χ0) is 20.4. The Hall–Kier alpha value is -2.51. The van der Waals surface area contributed by atoms with Crippen LogP contribution in [0.25, 0.3) is 0 Å². The lowest BCUT2D eigenvalue weighted by atomic mass is 10.0. The summed E-state index contributed by atoms with van der Waals surface area (Å²) in [5.74, 6) is 0. The molecule has 0 spiro atoms. The van der Waals surface area contributed by atoms with E-state index in [1.54, 1.807) is 55.4 Å². The lowest BCUT2D eigenvalue weighted by molar-refractivity contribution is 0.0586. The van der Waals surface area contributed by atoms with Gasteiger partial charge in [0, 0.05) is 5.54 Å². The minimum absolute atomic E-state index is 0.0237.